The predicted molar refractivity (Wildman–Crippen MR) is 37.4 cm³/mol. The Morgan fingerprint density at radius 3 is 2.88 bits per heavy atom. The maximum atomic E-state index is 3.70. The topological polar surface area (TPSA) is 12.0 Å². The normalized spacial score (nSPS) is 10.2. The Labute approximate surface area is 51.8 Å². The molecule has 1 nitrogen and oxygen atoms in total. The van der Waals surface area contributed by atoms with E-state index in [9.17, 15) is 0 Å². The van der Waals surface area contributed by atoms with Crippen LogP contribution in [0.3, 0.4) is 0 Å². The molecule has 0 amide bonds. The molecule has 0 heterocycles. The van der Waals surface area contributed by atoms with Crippen LogP contribution in [0.25, 0.3) is 0 Å². The van der Waals surface area contributed by atoms with Crippen molar-refractivity contribution in [3.05, 3.63) is 19.2 Å². The van der Waals surface area contributed by atoms with Crippen molar-refractivity contribution < 1.29 is 0 Å². The highest BCUT2D eigenvalue weighted by Crippen LogP contribution is 1.84. The lowest BCUT2D eigenvalue weighted by molar-refractivity contribution is 0.905. The van der Waals surface area contributed by atoms with Crippen molar-refractivity contribution in [3.8, 4) is 0 Å². The molecule has 0 aromatic heterocycles. The van der Waals surface area contributed by atoms with Gasteiger partial charge in [0.05, 0.1) is 0 Å². The molecule has 0 bridgehead atoms. The number of unbranched alkanes of at least 4 members (excludes halogenated alkanes) is 1. The molecule has 0 saturated heterocycles. The Hall–Kier alpha value is -0.460. The Balaban J connectivity index is 2.83. The fourth-order valence-electron chi connectivity index (χ4n) is 0.402. The summed E-state index contributed by atoms with van der Waals surface area (Å²) in [6.45, 7) is 6.79. The number of rotatable bonds is 4. The van der Waals surface area contributed by atoms with Crippen LogP contribution in [0.1, 0.15) is 19.8 Å². The summed E-state index contributed by atoms with van der Waals surface area (Å²) >= 11 is 0. The molecule has 0 aromatic carbocycles. The van der Waals surface area contributed by atoms with E-state index in [4.69, 9.17) is 0 Å². The molecule has 1 heteroatoms. The van der Waals surface area contributed by atoms with E-state index in [0.717, 1.165) is 19.4 Å². The number of allylic oxidation sites excluding steroid dienone is 1. The largest absolute Gasteiger partial charge is 0.391 e. The third-order valence-electron chi connectivity index (χ3n) is 0.811. The molecule has 0 aromatic rings. The van der Waals surface area contributed by atoms with Gasteiger partial charge in [0.15, 0.2) is 0 Å². The summed E-state index contributed by atoms with van der Waals surface area (Å²) in [5.74, 6) is 0. The van der Waals surface area contributed by atoms with E-state index in [0.29, 0.717) is 0 Å². The molecule has 0 aliphatic rings. The zero-order valence-electron chi connectivity index (χ0n) is 5.48. The molecule has 0 fully saturated rings. The summed E-state index contributed by atoms with van der Waals surface area (Å²) < 4.78 is 0. The molecule has 0 aliphatic carbocycles. The maximum Gasteiger partial charge on any atom is 0.0112 e. The van der Waals surface area contributed by atoms with Crippen molar-refractivity contribution in [1.82, 2.24) is 5.32 Å². The highest BCUT2D eigenvalue weighted by molar-refractivity contribution is 4.78. The molecule has 0 rings (SSSR count). The number of hydrogen-bond donors (Lipinski definition) is 1. The predicted octanol–water partition coefficient (Wildman–Crippen LogP) is 1.72. The lowest BCUT2D eigenvalue weighted by Gasteiger charge is -1.89. The van der Waals surface area contributed by atoms with E-state index in [-0.39, 0.29) is 0 Å². The second-order valence-corrected chi connectivity index (χ2v) is 1.60. The van der Waals surface area contributed by atoms with Crippen LogP contribution in [0.15, 0.2) is 12.3 Å². The van der Waals surface area contributed by atoms with E-state index >= 15 is 0 Å². The third-order valence-corrected chi connectivity index (χ3v) is 0.811. The van der Waals surface area contributed by atoms with Crippen molar-refractivity contribution in [2.75, 3.05) is 6.54 Å². The van der Waals surface area contributed by atoms with Crippen molar-refractivity contribution in [2.24, 2.45) is 0 Å². The Kier molecular flexibility index (Phi) is 6.16. The monoisotopic (exact) mass is 112 g/mol. The fourth-order valence-corrected chi connectivity index (χ4v) is 0.402. The van der Waals surface area contributed by atoms with Gasteiger partial charge in [0, 0.05) is 6.54 Å². The van der Waals surface area contributed by atoms with Crippen molar-refractivity contribution >= 4 is 0 Å². The van der Waals surface area contributed by atoms with Gasteiger partial charge in [-0.1, -0.05) is 13.0 Å². The maximum absolute atomic E-state index is 3.70. The Bertz CT molecular complexity index is 49.4. The zero-order chi connectivity index (χ0) is 6.24. The van der Waals surface area contributed by atoms with Gasteiger partial charge < -0.3 is 5.32 Å². The van der Waals surface area contributed by atoms with Crippen LogP contribution in [0.2, 0.25) is 0 Å². The number of nitrogens with one attached hydrogen (secondary N) is 1. The molecule has 0 spiro atoms. The first-order valence-corrected chi connectivity index (χ1v) is 3.09. The first-order valence-electron chi connectivity index (χ1n) is 3.09. The first-order chi connectivity index (χ1) is 3.91. The first kappa shape index (κ1) is 7.54. The Morgan fingerprint density at radius 2 is 2.38 bits per heavy atom. The quantitative estimate of drug-likeness (QED) is 0.584. The minimum Gasteiger partial charge on any atom is -0.391 e. The van der Waals surface area contributed by atoms with Gasteiger partial charge in [-0.2, -0.15) is 0 Å². The van der Waals surface area contributed by atoms with Crippen molar-refractivity contribution in [1.29, 1.82) is 0 Å². The summed E-state index contributed by atoms with van der Waals surface area (Å²) in [5, 5.41) is 3.07. The van der Waals surface area contributed by atoms with Gasteiger partial charge in [-0.15, -0.1) is 0 Å². The van der Waals surface area contributed by atoms with Crippen molar-refractivity contribution in [2.45, 2.75) is 19.8 Å². The van der Waals surface area contributed by atoms with Gasteiger partial charge >= 0.3 is 0 Å². The van der Waals surface area contributed by atoms with Crippen LogP contribution in [-0.4, -0.2) is 6.54 Å². The highest BCUT2D eigenvalue weighted by atomic mass is 14.8. The summed E-state index contributed by atoms with van der Waals surface area (Å²) in [4.78, 5) is 0. The van der Waals surface area contributed by atoms with E-state index < -0.39 is 0 Å². The lowest BCUT2D eigenvalue weighted by atomic mass is 10.3. The van der Waals surface area contributed by atoms with Gasteiger partial charge in [-0.05, 0) is 26.0 Å². The second-order valence-electron chi connectivity index (χ2n) is 1.60. The van der Waals surface area contributed by atoms with Gasteiger partial charge in [0.1, 0.15) is 0 Å². The summed E-state index contributed by atoms with van der Waals surface area (Å²) in [7, 11) is 0. The minimum atomic E-state index is 0.988. The van der Waals surface area contributed by atoms with E-state index in [2.05, 4.69) is 25.2 Å². The average molecular weight is 112 g/mol. The summed E-state index contributed by atoms with van der Waals surface area (Å²) in [5.41, 5.74) is 0. The van der Waals surface area contributed by atoms with Crippen LogP contribution >= 0.6 is 0 Å². The minimum absolute atomic E-state index is 0.988. The average Bonchev–Trinajstić information content (AvgIpc) is 1.81. The molecule has 1 radical (unpaired) electrons. The molecule has 0 unspecified atom stereocenters. The standard InChI is InChI=1S/C7H14N/c1-3-5-6-7-8-4-2/h6-8H,1,3-5H2,2H3. The van der Waals surface area contributed by atoms with Crippen LogP contribution in [-0.2, 0) is 0 Å². The molecule has 47 valence electrons. The summed E-state index contributed by atoms with van der Waals surface area (Å²) in [6.07, 6.45) is 6.14. The van der Waals surface area contributed by atoms with Crippen LogP contribution in [0.5, 0.6) is 0 Å². The lowest BCUT2D eigenvalue weighted by Crippen LogP contribution is -2.00. The van der Waals surface area contributed by atoms with Gasteiger partial charge in [-0.3, -0.25) is 0 Å². The van der Waals surface area contributed by atoms with Crippen molar-refractivity contribution in [3.63, 3.8) is 0 Å². The molecular weight excluding hydrogens is 98.1 g/mol. The van der Waals surface area contributed by atoms with Gasteiger partial charge in [0.25, 0.3) is 0 Å². The van der Waals surface area contributed by atoms with Crippen LogP contribution in [0.4, 0.5) is 0 Å². The molecule has 8 heavy (non-hydrogen) atoms. The third kappa shape index (κ3) is 5.54. The fraction of sp³-hybridized carbons (Fsp3) is 0.571. The van der Waals surface area contributed by atoms with E-state index in [1.54, 1.807) is 0 Å². The molecule has 0 aliphatic heterocycles. The molecule has 0 atom stereocenters. The van der Waals surface area contributed by atoms with Gasteiger partial charge in [0.2, 0.25) is 0 Å². The van der Waals surface area contributed by atoms with E-state index in [1.165, 1.54) is 0 Å². The van der Waals surface area contributed by atoms with E-state index in [1.807, 2.05) is 6.20 Å². The Morgan fingerprint density at radius 1 is 1.62 bits per heavy atom. The number of hydrogen-bond acceptors (Lipinski definition) is 1. The van der Waals surface area contributed by atoms with Crippen LogP contribution in [0, 0.1) is 6.92 Å². The van der Waals surface area contributed by atoms with Crippen LogP contribution < -0.4 is 5.32 Å². The zero-order valence-corrected chi connectivity index (χ0v) is 5.48. The van der Waals surface area contributed by atoms with Gasteiger partial charge in [-0.25, -0.2) is 0 Å². The smallest absolute Gasteiger partial charge is 0.0112 e. The molecule has 1 N–H and O–H groups in total. The SMILES string of the molecule is [CH2]CCC=CNCC. The summed E-state index contributed by atoms with van der Waals surface area (Å²) in [6, 6.07) is 0. The molecular formula is C7H14N. The second kappa shape index (κ2) is 6.54. The highest BCUT2D eigenvalue weighted by Gasteiger charge is 1.69. The molecule has 0 saturated carbocycles.